The molecule has 0 radical (unpaired) electrons. The van der Waals surface area contributed by atoms with Crippen LogP contribution in [-0.4, -0.2) is 67.7 Å². The van der Waals surface area contributed by atoms with E-state index in [2.05, 4.69) is 17.1 Å². The number of aliphatic imine (C=N–C) groups is 1. The van der Waals surface area contributed by atoms with Crippen LogP contribution < -0.4 is 5.32 Å². The van der Waals surface area contributed by atoms with E-state index in [0.29, 0.717) is 19.7 Å². The van der Waals surface area contributed by atoms with E-state index in [1.54, 1.807) is 11.2 Å². The van der Waals surface area contributed by atoms with Crippen LogP contribution in [0.2, 0.25) is 0 Å². The Balaban J connectivity index is 1.85. The molecule has 1 aliphatic heterocycles. The normalized spacial score (nSPS) is 15.4. The SMILES string of the molecule is CCCCN=C(NCCc1ccco1)N1CCN(C(=O)OCC)CC1. The summed E-state index contributed by atoms with van der Waals surface area (Å²) in [5.74, 6) is 1.89. The van der Waals surface area contributed by atoms with Gasteiger partial charge in [0.2, 0.25) is 0 Å². The summed E-state index contributed by atoms with van der Waals surface area (Å²) in [6.45, 7) is 8.84. The van der Waals surface area contributed by atoms with Crippen molar-refractivity contribution < 1.29 is 13.9 Å². The van der Waals surface area contributed by atoms with E-state index in [4.69, 9.17) is 14.1 Å². The van der Waals surface area contributed by atoms with Crippen molar-refractivity contribution in [2.24, 2.45) is 4.99 Å². The predicted molar refractivity (Wildman–Crippen MR) is 97.8 cm³/mol. The fraction of sp³-hybridized carbons (Fsp3) is 0.667. The van der Waals surface area contributed by atoms with E-state index in [1.165, 1.54) is 0 Å². The van der Waals surface area contributed by atoms with Gasteiger partial charge in [-0.15, -0.1) is 0 Å². The van der Waals surface area contributed by atoms with Gasteiger partial charge in [0.25, 0.3) is 0 Å². The number of carbonyl (C=O) groups excluding carboxylic acids is 1. The highest BCUT2D eigenvalue weighted by Gasteiger charge is 2.23. The topological polar surface area (TPSA) is 70.3 Å². The largest absolute Gasteiger partial charge is 0.469 e. The molecule has 0 spiro atoms. The molecule has 0 unspecified atom stereocenters. The Morgan fingerprint density at radius 1 is 1.28 bits per heavy atom. The van der Waals surface area contributed by atoms with Crippen molar-refractivity contribution in [3.05, 3.63) is 24.2 Å². The lowest BCUT2D eigenvalue weighted by Gasteiger charge is -2.36. The number of ether oxygens (including phenoxy) is 1. The first kappa shape index (κ1) is 19.1. The van der Waals surface area contributed by atoms with Crippen LogP contribution in [0.15, 0.2) is 27.8 Å². The lowest BCUT2D eigenvalue weighted by atomic mass is 10.3. The molecule has 0 bridgehead atoms. The Labute approximate surface area is 150 Å². The number of nitrogens with zero attached hydrogens (tertiary/aromatic N) is 3. The van der Waals surface area contributed by atoms with Crippen molar-refractivity contribution in [1.82, 2.24) is 15.1 Å². The van der Waals surface area contributed by atoms with Gasteiger partial charge >= 0.3 is 6.09 Å². The summed E-state index contributed by atoms with van der Waals surface area (Å²) >= 11 is 0. The van der Waals surface area contributed by atoms with E-state index in [-0.39, 0.29) is 6.09 Å². The summed E-state index contributed by atoms with van der Waals surface area (Å²) in [6, 6.07) is 3.88. The molecule has 1 saturated heterocycles. The zero-order valence-electron chi connectivity index (χ0n) is 15.4. The third kappa shape index (κ3) is 6.32. The van der Waals surface area contributed by atoms with Gasteiger partial charge in [0, 0.05) is 45.7 Å². The number of piperazine rings is 1. The van der Waals surface area contributed by atoms with Gasteiger partial charge in [0.15, 0.2) is 5.96 Å². The predicted octanol–water partition coefficient (Wildman–Crippen LogP) is 2.34. The highest BCUT2D eigenvalue weighted by Crippen LogP contribution is 2.06. The van der Waals surface area contributed by atoms with E-state index in [0.717, 1.165) is 57.2 Å². The standard InChI is InChI=1S/C18H30N4O3/c1-3-5-9-19-17(20-10-8-16-7-6-15-25-16)21-11-13-22(14-12-21)18(23)24-4-2/h6-7,15H,3-5,8-14H2,1-2H3,(H,19,20). The zero-order valence-corrected chi connectivity index (χ0v) is 15.4. The van der Waals surface area contributed by atoms with E-state index < -0.39 is 0 Å². The van der Waals surface area contributed by atoms with Crippen molar-refractivity contribution in [3.8, 4) is 0 Å². The highest BCUT2D eigenvalue weighted by atomic mass is 16.6. The summed E-state index contributed by atoms with van der Waals surface area (Å²) in [7, 11) is 0. The van der Waals surface area contributed by atoms with Crippen molar-refractivity contribution in [2.75, 3.05) is 45.9 Å². The molecule has 2 rings (SSSR count). The van der Waals surface area contributed by atoms with Crippen LogP contribution in [0, 0.1) is 0 Å². The Kier molecular flexibility index (Phi) is 8.15. The van der Waals surface area contributed by atoms with Gasteiger partial charge in [-0.25, -0.2) is 4.79 Å². The van der Waals surface area contributed by atoms with Crippen LogP contribution in [0.4, 0.5) is 4.79 Å². The molecule has 25 heavy (non-hydrogen) atoms. The van der Waals surface area contributed by atoms with E-state index in [1.807, 2.05) is 19.1 Å². The van der Waals surface area contributed by atoms with Gasteiger partial charge in [0.1, 0.15) is 5.76 Å². The number of guanidine groups is 1. The monoisotopic (exact) mass is 350 g/mol. The van der Waals surface area contributed by atoms with Crippen LogP contribution >= 0.6 is 0 Å². The van der Waals surface area contributed by atoms with Crippen LogP contribution in [0.5, 0.6) is 0 Å². The average Bonchev–Trinajstić information content (AvgIpc) is 3.14. The van der Waals surface area contributed by atoms with Crippen LogP contribution in [0.1, 0.15) is 32.4 Å². The number of furan rings is 1. The van der Waals surface area contributed by atoms with Crippen LogP contribution in [0.25, 0.3) is 0 Å². The molecule has 1 aromatic heterocycles. The van der Waals surface area contributed by atoms with E-state index >= 15 is 0 Å². The first-order valence-corrected chi connectivity index (χ1v) is 9.22. The molecule has 1 amide bonds. The van der Waals surface area contributed by atoms with Crippen molar-refractivity contribution in [1.29, 1.82) is 0 Å². The van der Waals surface area contributed by atoms with Crippen molar-refractivity contribution in [2.45, 2.75) is 33.1 Å². The maximum Gasteiger partial charge on any atom is 0.409 e. The van der Waals surface area contributed by atoms with Gasteiger partial charge < -0.3 is 24.3 Å². The van der Waals surface area contributed by atoms with Gasteiger partial charge in [-0.3, -0.25) is 4.99 Å². The molecule has 0 aliphatic carbocycles. The quantitative estimate of drug-likeness (QED) is 0.464. The fourth-order valence-electron chi connectivity index (χ4n) is 2.68. The Bertz CT molecular complexity index is 522. The van der Waals surface area contributed by atoms with Crippen LogP contribution in [0.3, 0.4) is 0 Å². The molecule has 1 fully saturated rings. The second-order valence-electron chi connectivity index (χ2n) is 5.99. The molecule has 0 saturated carbocycles. The molecule has 7 nitrogen and oxygen atoms in total. The summed E-state index contributed by atoms with van der Waals surface area (Å²) < 4.78 is 10.4. The maximum atomic E-state index is 11.8. The number of nitrogens with one attached hydrogen (secondary N) is 1. The molecular formula is C18H30N4O3. The molecule has 2 heterocycles. The molecular weight excluding hydrogens is 320 g/mol. The third-order valence-corrected chi connectivity index (χ3v) is 4.11. The van der Waals surface area contributed by atoms with Gasteiger partial charge in [-0.05, 0) is 25.5 Å². The van der Waals surface area contributed by atoms with Gasteiger partial charge in [-0.1, -0.05) is 13.3 Å². The molecule has 140 valence electrons. The second-order valence-corrected chi connectivity index (χ2v) is 5.99. The smallest absolute Gasteiger partial charge is 0.409 e. The van der Waals surface area contributed by atoms with Gasteiger partial charge in [-0.2, -0.15) is 0 Å². The number of unbranched alkanes of at least 4 members (excludes halogenated alkanes) is 1. The first-order valence-electron chi connectivity index (χ1n) is 9.22. The Hall–Kier alpha value is -2.18. The Morgan fingerprint density at radius 2 is 2.04 bits per heavy atom. The lowest BCUT2D eigenvalue weighted by molar-refractivity contribution is 0.0914. The molecule has 1 aliphatic rings. The molecule has 0 atom stereocenters. The van der Waals surface area contributed by atoms with Crippen LogP contribution in [-0.2, 0) is 11.2 Å². The summed E-state index contributed by atoms with van der Waals surface area (Å²) in [4.78, 5) is 20.5. The van der Waals surface area contributed by atoms with Crippen molar-refractivity contribution in [3.63, 3.8) is 0 Å². The van der Waals surface area contributed by atoms with Crippen molar-refractivity contribution >= 4 is 12.1 Å². The maximum absolute atomic E-state index is 11.8. The fourth-order valence-corrected chi connectivity index (χ4v) is 2.68. The number of carbonyl (C=O) groups is 1. The Morgan fingerprint density at radius 3 is 2.68 bits per heavy atom. The number of hydrogen-bond donors (Lipinski definition) is 1. The molecule has 0 aromatic carbocycles. The molecule has 7 heteroatoms. The minimum absolute atomic E-state index is 0.225. The molecule has 1 aromatic rings. The first-order chi connectivity index (χ1) is 12.2. The number of hydrogen-bond acceptors (Lipinski definition) is 4. The lowest BCUT2D eigenvalue weighted by Crippen LogP contribution is -2.54. The summed E-state index contributed by atoms with van der Waals surface area (Å²) in [6.07, 6.45) is 4.49. The average molecular weight is 350 g/mol. The second kappa shape index (κ2) is 10.6. The minimum Gasteiger partial charge on any atom is -0.469 e. The van der Waals surface area contributed by atoms with E-state index in [9.17, 15) is 4.79 Å². The highest BCUT2D eigenvalue weighted by molar-refractivity contribution is 5.80. The third-order valence-electron chi connectivity index (χ3n) is 4.11. The summed E-state index contributed by atoms with van der Waals surface area (Å²) in [5, 5.41) is 3.44. The number of amides is 1. The minimum atomic E-state index is -0.225. The van der Waals surface area contributed by atoms with Gasteiger partial charge in [0.05, 0.1) is 12.9 Å². The summed E-state index contributed by atoms with van der Waals surface area (Å²) in [5.41, 5.74) is 0. The molecule has 1 N–H and O–H groups in total. The zero-order chi connectivity index (χ0) is 17.9. The number of rotatable bonds is 7.